The van der Waals surface area contributed by atoms with Crippen molar-refractivity contribution in [1.29, 1.82) is 0 Å². The second kappa shape index (κ2) is 9.53. The number of sulfonamides is 1. The number of rotatable bonds is 9. The third-order valence-corrected chi connectivity index (χ3v) is 5.30. The molecule has 1 amide bonds. The molecule has 0 saturated heterocycles. The van der Waals surface area contributed by atoms with Crippen molar-refractivity contribution in [1.82, 2.24) is 10.0 Å². The van der Waals surface area contributed by atoms with Crippen LogP contribution >= 0.6 is 0 Å². The molecule has 146 valence electrons. The van der Waals surface area contributed by atoms with Crippen LogP contribution in [-0.4, -0.2) is 27.5 Å². The summed E-state index contributed by atoms with van der Waals surface area (Å²) in [5, 5.41) is 2.86. The van der Waals surface area contributed by atoms with Crippen LogP contribution in [0, 0.1) is 5.92 Å². The van der Waals surface area contributed by atoms with Crippen molar-refractivity contribution < 1.29 is 17.9 Å². The van der Waals surface area contributed by atoms with Crippen molar-refractivity contribution >= 4 is 15.9 Å². The van der Waals surface area contributed by atoms with Gasteiger partial charge in [-0.1, -0.05) is 44.2 Å². The first-order valence-electron chi connectivity index (χ1n) is 8.85. The maximum absolute atomic E-state index is 12.2. The van der Waals surface area contributed by atoms with E-state index in [4.69, 9.17) is 4.74 Å². The van der Waals surface area contributed by atoms with Crippen LogP contribution in [0.2, 0.25) is 0 Å². The van der Waals surface area contributed by atoms with Gasteiger partial charge in [-0.25, -0.2) is 13.1 Å². The minimum atomic E-state index is -3.53. The van der Waals surface area contributed by atoms with Gasteiger partial charge in [-0.2, -0.15) is 0 Å². The van der Waals surface area contributed by atoms with Gasteiger partial charge >= 0.3 is 0 Å². The number of carbonyl (C=O) groups excluding carboxylic acids is 1. The Kier molecular flexibility index (Phi) is 7.38. The molecular formula is C20H26N2O4S. The molecule has 7 heteroatoms. The van der Waals surface area contributed by atoms with Gasteiger partial charge in [0.05, 0.1) is 10.9 Å². The molecule has 0 aliphatic rings. The molecule has 0 aliphatic heterocycles. The quantitative estimate of drug-likeness (QED) is 0.690. The summed E-state index contributed by atoms with van der Waals surface area (Å²) in [4.78, 5) is 12.2. The molecule has 2 N–H and O–H groups in total. The van der Waals surface area contributed by atoms with Gasteiger partial charge in [0.1, 0.15) is 5.75 Å². The molecule has 2 rings (SSSR count). The monoisotopic (exact) mass is 390 g/mol. The Bertz CT molecular complexity index is 834. The molecular weight excluding hydrogens is 364 g/mol. The van der Waals surface area contributed by atoms with Crippen LogP contribution in [-0.2, 0) is 14.8 Å². The fourth-order valence-corrected chi connectivity index (χ4v) is 3.55. The Morgan fingerprint density at radius 1 is 1.00 bits per heavy atom. The van der Waals surface area contributed by atoms with Gasteiger partial charge in [0.2, 0.25) is 10.0 Å². The average molecular weight is 391 g/mol. The predicted molar refractivity (Wildman–Crippen MR) is 105 cm³/mol. The second-order valence-electron chi connectivity index (χ2n) is 6.71. The SMILES string of the molecule is CC(C)CNS(=O)(=O)c1ccc(OCC(=O)N[C@@H](C)c2ccccc2)cc1. The third-order valence-electron chi connectivity index (χ3n) is 3.86. The number of benzene rings is 2. The molecule has 1 atom stereocenters. The lowest BCUT2D eigenvalue weighted by Gasteiger charge is -2.15. The lowest BCUT2D eigenvalue weighted by atomic mass is 10.1. The first-order valence-corrected chi connectivity index (χ1v) is 10.3. The summed E-state index contributed by atoms with van der Waals surface area (Å²) in [6, 6.07) is 15.5. The molecule has 0 fully saturated rings. The van der Waals surface area contributed by atoms with E-state index in [0.717, 1.165) is 5.56 Å². The molecule has 27 heavy (non-hydrogen) atoms. The molecule has 2 aromatic carbocycles. The lowest BCUT2D eigenvalue weighted by Crippen LogP contribution is -2.31. The van der Waals surface area contributed by atoms with Crippen molar-refractivity contribution in [2.75, 3.05) is 13.2 Å². The van der Waals surface area contributed by atoms with Crippen molar-refractivity contribution in [3.8, 4) is 5.75 Å². The summed E-state index contributed by atoms with van der Waals surface area (Å²) >= 11 is 0. The fraction of sp³-hybridized carbons (Fsp3) is 0.350. The topological polar surface area (TPSA) is 84.5 Å². The van der Waals surface area contributed by atoms with Crippen LogP contribution in [0.25, 0.3) is 0 Å². The van der Waals surface area contributed by atoms with E-state index in [9.17, 15) is 13.2 Å². The smallest absolute Gasteiger partial charge is 0.258 e. The van der Waals surface area contributed by atoms with Crippen LogP contribution in [0.3, 0.4) is 0 Å². The third kappa shape index (κ3) is 6.69. The highest BCUT2D eigenvalue weighted by atomic mass is 32.2. The summed E-state index contributed by atoms with van der Waals surface area (Å²) in [6.45, 7) is 6.00. The van der Waals surface area contributed by atoms with Gasteiger partial charge in [-0.05, 0) is 42.7 Å². The Morgan fingerprint density at radius 2 is 1.63 bits per heavy atom. The Morgan fingerprint density at radius 3 is 2.22 bits per heavy atom. The van der Waals surface area contributed by atoms with Crippen LogP contribution in [0.1, 0.15) is 32.4 Å². The van der Waals surface area contributed by atoms with E-state index in [1.54, 1.807) is 0 Å². The number of amides is 1. The predicted octanol–water partition coefficient (Wildman–Crippen LogP) is 2.88. The molecule has 0 spiro atoms. The molecule has 0 bridgehead atoms. The average Bonchev–Trinajstić information content (AvgIpc) is 2.66. The maximum Gasteiger partial charge on any atom is 0.258 e. The van der Waals surface area contributed by atoms with E-state index in [2.05, 4.69) is 10.0 Å². The maximum atomic E-state index is 12.2. The Hall–Kier alpha value is -2.38. The summed E-state index contributed by atoms with van der Waals surface area (Å²) in [7, 11) is -3.53. The fourth-order valence-electron chi connectivity index (χ4n) is 2.33. The van der Waals surface area contributed by atoms with E-state index in [-0.39, 0.29) is 29.4 Å². The zero-order chi connectivity index (χ0) is 19.9. The zero-order valence-corrected chi connectivity index (χ0v) is 16.6. The van der Waals surface area contributed by atoms with Crippen molar-refractivity contribution in [3.05, 3.63) is 60.2 Å². The summed E-state index contributed by atoms with van der Waals surface area (Å²) < 4.78 is 32.3. The number of hydrogen-bond acceptors (Lipinski definition) is 4. The van der Waals surface area contributed by atoms with E-state index < -0.39 is 10.0 Å². The minimum absolute atomic E-state index is 0.123. The number of hydrogen-bond donors (Lipinski definition) is 2. The lowest BCUT2D eigenvalue weighted by molar-refractivity contribution is -0.123. The number of carbonyl (C=O) groups is 1. The highest BCUT2D eigenvalue weighted by molar-refractivity contribution is 7.89. The van der Waals surface area contributed by atoms with Gasteiger partial charge < -0.3 is 10.1 Å². The summed E-state index contributed by atoms with van der Waals surface area (Å²) in [6.07, 6.45) is 0. The molecule has 0 aliphatic carbocycles. The Balaban J connectivity index is 1.86. The van der Waals surface area contributed by atoms with Gasteiger partial charge in [0.25, 0.3) is 5.91 Å². The molecule has 0 aromatic heterocycles. The molecule has 6 nitrogen and oxygen atoms in total. The molecule has 0 unspecified atom stereocenters. The van der Waals surface area contributed by atoms with Crippen molar-refractivity contribution in [2.24, 2.45) is 5.92 Å². The Labute approximate surface area is 161 Å². The molecule has 0 radical (unpaired) electrons. The van der Waals surface area contributed by atoms with E-state index in [0.29, 0.717) is 12.3 Å². The molecule has 0 saturated carbocycles. The van der Waals surface area contributed by atoms with Crippen molar-refractivity contribution in [3.63, 3.8) is 0 Å². The summed E-state index contributed by atoms with van der Waals surface area (Å²) in [5.74, 6) is 0.404. The molecule has 2 aromatic rings. The number of nitrogens with one attached hydrogen (secondary N) is 2. The van der Waals surface area contributed by atoms with E-state index in [1.165, 1.54) is 24.3 Å². The number of ether oxygens (including phenoxy) is 1. The zero-order valence-electron chi connectivity index (χ0n) is 15.8. The first kappa shape index (κ1) is 20.9. The van der Waals surface area contributed by atoms with Crippen LogP contribution in [0.15, 0.2) is 59.5 Å². The van der Waals surface area contributed by atoms with Crippen LogP contribution in [0.4, 0.5) is 0 Å². The van der Waals surface area contributed by atoms with Gasteiger partial charge in [0.15, 0.2) is 6.61 Å². The molecule has 0 heterocycles. The van der Waals surface area contributed by atoms with E-state index in [1.807, 2.05) is 51.1 Å². The van der Waals surface area contributed by atoms with Crippen LogP contribution < -0.4 is 14.8 Å². The van der Waals surface area contributed by atoms with E-state index >= 15 is 0 Å². The largest absolute Gasteiger partial charge is 0.484 e. The van der Waals surface area contributed by atoms with Crippen LogP contribution in [0.5, 0.6) is 5.75 Å². The minimum Gasteiger partial charge on any atom is -0.484 e. The highest BCUT2D eigenvalue weighted by Crippen LogP contribution is 2.16. The van der Waals surface area contributed by atoms with Gasteiger partial charge in [-0.3, -0.25) is 4.79 Å². The first-order chi connectivity index (χ1) is 12.8. The van der Waals surface area contributed by atoms with Gasteiger partial charge in [0, 0.05) is 6.54 Å². The second-order valence-corrected chi connectivity index (χ2v) is 8.47. The summed E-state index contributed by atoms with van der Waals surface area (Å²) in [5.41, 5.74) is 1.01. The highest BCUT2D eigenvalue weighted by Gasteiger charge is 2.14. The normalized spacial score (nSPS) is 12.6. The van der Waals surface area contributed by atoms with Gasteiger partial charge in [-0.15, -0.1) is 0 Å². The standard InChI is InChI=1S/C20H26N2O4S/c1-15(2)13-21-27(24,25)19-11-9-18(10-12-19)26-14-20(23)22-16(3)17-7-5-4-6-8-17/h4-12,15-16,21H,13-14H2,1-3H3,(H,22,23)/t16-/m0/s1. The van der Waals surface area contributed by atoms with Crippen molar-refractivity contribution in [2.45, 2.75) is 31.7 Å².